The van der Waals surface area contributed by atoms with Crippen LogP contribution in [-0.4, -0.2) is 22.4 Å². The number of hydrogen-bond acceptors (Lipinski definition) is 4. The minimum atomic E-state index is -0.739. The smallest absolute Gasteiger partial charge is 0.338 e. The molecule has 1 spiro atoms. The second kappa shape index (κ2) is 7.22. The Bertz CT molecular complexity index is 617. The quantitative estimate of drug-likeness (QED) is 0.745. The molecular formula is C20H26O3S. The monoisotopic (exact) mass is 346 g/mol. The molecule has 1 heterocycles. The zero-order valence-electron chi connectivity index (χ0n) is 14.5. The van der Waals surface area contributed by atoms with Gasteiger partial charge in [0, 0.05) is 11.2 Å². The summed E-state index contributed by atoms with van der Waals surface area (Å²) in [5.74, 6) is 0.765. The highest BCUT2D eigenvalue weighted by Gasteiger charge is 2.50. The zero-order valence-corrected chi connectivity index (χ0v) is 15.3. The van der Waals surface area contributed by atoms with Gasteiger partial charge in [0.2, 0.25) is 0 Å². The molecule has 1 N–H and O–H groups in total. The van der Waals surface area contributed by atoms with Gasteiger partial charge in [-0.05, 0) is 37.0 Å². The Balaban J connectivity index is 1.94. The summed E-state index contributed by atoms with van der Waals surface area (Å²) in [6.07, 6.45) is 4.65. The average molecular weight is 346 g/mol. The number of thioether (sulfide) groups is 1. The Morgan fingerprint density at radius 3 is 2.50 bits per heavy atom. The van der Waals surface area contributed by atoms with Gasteiger partial charge in [-0.3, -0.25) is 0 Å². The summed E-state index contributed by atoms with van der Waals surface area (Å²) in [7, 11) is 0. The molecule has 3 nitrogen and oxygen atoms in total. The van der Waals surface area contributed by atoms with Crippen LogP contribution in [0.2, 0.25) is 0 Å². The lowest BCUT2D eigenvalue weighted by Crippen LogP contribution is -2.34. The maximum atomic E-state index is 12.6. The summed E-state index contributed by atoms with van der Waals surface area (Å²) in [6, 6.07) is 10.2. The maximum absolute atomic E-state index is 12.6. The highest BCUT2D eigenvalue weighted by molar-refractivity contribution is 7.99. The third-order valence-corrected chi connectivity index (χ3v) is 6.61. The summed E-state index contributed by atoms with van der Waals surface area (Å²) >= 11 is 1.81. The molecule has 0 aromatic heterocycles. The van der Waals surface area contributed by atoms with Crippen molar-refractivity contribution in [2.75, 3.05) is 5.75 Å². The van der Waals surface area contributed by atoms with Crippen molar-refractivity contribution in [1.82, 2.24) is 0 Å². The van der Waals surface area contributed by atoms with Crippen molar-refractivity contribution >= 4 is 17.7 Å². The number of benzene rings is 1. The molecule has 1 saturated carbocycles. The van der Waals surface area contributed by atoms with Crippen LogP contribution < -0.4 is 0 Å². The summed E-state index contributed by atoms with van der Waals surface area (Å²) in [6.45, 7) is 4.16. The summed E-state index contributed by atoms with van der Waals surface area (Å²) < 4.78 is 5.73. The van der Waals surface area contributed by atoms with E-state index in [9.17, 15) is 9.90 Å². The van der Waals surface area contributed by atoms with Gasteiger partial charge in [-0.1, -0.05) is 50.6 Å². The van der Waals surface area contributed by atoms with Gasteiger partial charge >= 0.3 is 5.97 Å². The van der Waals surface area contributed by atoms with E-state index in [2.05, 4.69) is 19.1 Å². The van der Waals surface area contributed by atoms with Crippen molar-refractivity contribution in [1.29, 1.82) is 0 Å². The molecule has 2 atom stereocenters. The van der Waals surface area contributed by atoms with Crippen molar-refractivity contribution in [2.24, 2.45) is 5.92 Å². The molecule has 130 valence electrons. The van der Waals surface area contributed by atoms with Crippen LogP contribution in [0.3, 0.4) is 0 Å². The summed E-state index contributed by atoms with van der Waals surface area (Å²) in [4.78, 5) is 12.6. The molecule has 2 aliphatic rings. The summed E-state index contributed by atoms with van der Waals surface area (Å²) in [5, 5.41) is 11.0. The number of esters is 1. The fourth-order valence-corrected chi connectivity index (χ4v) is 5.12. The van der Waals surface area contributed by atoms with E-state index in [1.54, 1.807) is 0 Å². The third kappa shape index (κ3) is 3.08. The molecule has 24 heavy (non-hydrogen) atoms. The molecular weight excluding hydrogens is 320 g/mol. The fraction of sp³-hybridized carbons (Fsp3) is 0.550. The molecule has 0 saturated heterocycles. The Morgan fingerprint density at radius 1 is 1.21 bits per heavy atom. The number of rotatable bonds is 5. The number of aliphatic hydroxyl groups is 1. The lowest BCUT2D eigenvalue weighted by atomic mass is 9.81. The second-order valence-electron chi connectivity index (χ2n) is 6.78. The standard InChI is InChI=1S/C20H26O3S/c1-3-24-17(15-10-6-4-7-11-15)14(2)16-18(21)20(23-19(16)22)12-8-5-9-13-20/h4,6-7,10-11,14,17,21H,3,5,8-9,12-13H2,1-2H3/t14-,17+/m1/s1. The lowest BCUT2D eigenvalue weighted by Gasteiger charge is -2.31. The van der Waals surface area contributed by atoms with Gasteiger partial charge in [0.25, 0.3) is 0 Å². The normalized spacial score (nSPS) is 22.5. The van der Waals surface area contributed by atoms with Gasteiger partial charge in [-0.15, -0.1) is 0 Å². The highest BCUT2D eigenvalue weighted by Crippen LogP contribution is 2.48. The van der Waals surface area contributed by atoms with Crippen LogP contribution in [0.1, 0.15) is 56.8 Å². The van der Waals surface area contributed by atoms with E-state index in [-0.39, 0.29) is 22.9 Å². The zero-order chi connectivity index (χ0) is 17.2. The van der Waals surface area contributed by atoms with Crippen LogP contribution in [0.4, 0.5) is 0 Å². The van der Waals surface area contributed by atoms with Crippen molar-refractivity contribution in [3.8, 4) is 0 Å². The lowest BCUT2D eigenvalue weighted by molar-refractivity contribution is -0.151. The van der Waals surface area contributed by atoms with Crippen molar-refractivity contribution in [2.45, 2.75) is 56.8 Å². The minimum Gasteiger partial charge on any atom is -0.507 e. The molecule has 1 aromatic carbocycles. The first-order chi connectivity index (χ1) is 11.6. The molecule has 0 radical (unpaired) electrons. The first kappa shape index (κ1) is 17.4. The first-order valence-corrected chi connectivity index (χ1v) is 9.97. The molecule has 1 aromatic rings. The Morgan fingerprint density at radius 2 is 1.88 bits per heavy atom. The maximum Gasteiger partial charge on any atom is 0.338 e. The van der Waals surface area contributed by atoms with Crippen LogP contribution in [0, 0.1) is 5.92 Å². The fourth-order valence-electron chi connectivity index (χ4n) is 3.99. The van der Waals surface area contributed by atoms with Gasteiger partial charge in [0.05, 0.1) is 5.57 Å². The molecule has 0 bridgehead atoms. The van der Waals surface area contributed by atoms with Gasteiger partial charge < -0.3 is 9.84 Å². The molecule has 3 rings (SSSR count). The van der Waals surface area contributed by atoms with Crippen molar-refractivity contribution in [3.05, 3.63) is 47.2 Å². The number of aliphatic hydroxyl groups excluding tert-OH is 1. The van der Waals surface area contributed by atoms with Crippen LogP contribution >= 0.6 is 11.8 Å². The van der Waals surface area contributed by atoms with Crippen molar-refractivity contribution < 1.29 is 14.6 Å². The largest absolute Gasteiger partial charge is 0.507 e. The van der Waals surface area contributed by atoms with E-state index in [4.69, 9.17) is 4.74 Å². The van der Waals surface area contributed by atoms with Gasteiger partial charge in [-0.25, -0.2) is 4.79 Å². The molecule has 4 heteroatoms. The number of carbonyl (C=O) groups excluding carboxylic acids is 1. The molecule has 1 fully saturated rings. The highest BCUT2D eigenvalue weighted by atomic mass is 32.2. The van der Waals surface area contributed by atoms with E-state index < -0.39 is 5.60 Å². The van der Waals surface area contributed by atoms with E-state index in [1.807, 2.05) is 36.9 Å². The Kier molecular flexibility index (Phi) is 5.24. The summed E-state index contributed by atoms with van der Waals surface area (Å²) in [5.41, 5.74) is 0.943. The van der Waals surface area contributed by atoms with Gasteiger partial charge in [-0.2, -0.15) is 11.8 Å². The van der Waals surface area contributed by atoms with E-state index >= 15 is 0 Å². The molecule has 1 aliphatic carbocycles. The predicted octanol–water partition coefficient (Wildman–Crippen LogP) is 5.19. The van der Waals surface area contributed by atoms with Crippen LogP contribution in [-0.2, 0) is 9.53 Å². The third-order valence-electron chi connectivity index (χ3n) is 5.24. The topological polar surface area (TPSA) is 46.5 Å². The van der Waals surface area contributed by atoms with Crippen LogP contribution in [0.15, 0.2) is 41.7 Å². The Labute approximate surface area is 148 Å². The predicted molar refractivity (Wildman–Crippen MR) is 98.0 cm³/mol. The molecule has 1 aliphatic heterocycles. The van der Waals surface area contributed by atoms with Crippen LogP contribution in [0.25, 0.3) is 0 Å². The van der Waals surface area contributed by atoms with E-state index in [1.165, 1.54) is 5.56 Å². The number of ether oxygens (including phenoxy) is 1. The van der Waals surface area contributed by atoms with Gasteiger partial charge in [0.1, 0.15) is 5.76 Å². The number of carbonyl (C=O) groups is 1. The minimum absolute atomic E-state index is 0.0776. The van der Waals surface area contributed by atoms with Crippen molar-refractivity contribution in [3.63, 3.8) is 0 Å². The molecule has 0 amide bonds. The second-order valence-corrected chi connectivity index (χ2v) is 8.20. The SMILES string of the molecule is CCS[C@H](c1ccccc1)[C@H](C)C1=C(O)C2(CCCCC2)OC1=O. The van der Waals surface area contributed by atoms with Gasteiger partial charge in [0.15, 0.2) is 5.60 Å². The first-order valence-electron chi connectivity index (χ1n) is 8.92. The number of hydrogen-bond donors (Lipinski definition) is 1. The van der Waals surface area contributed by atoms with Crippen LogP contribution in [0.5, 0.6) is 0 Å². The van der Waals surface area contributed by atoms with E-state index in [0.29, 0.717) is 5.57 Å². The Hall–Kier alpha value is -1.42. The molecule has 0 unspecified atom stereocenters. The van der Waals surface area contributed by atoms with E-state index in [0.717, 1.165) is 37.9 Å². The average Bonchev–Trinajstić information content (AvgIpc) is 2.83.